The second-order valence-corrected chi connectivity index (χ2v) is 10.7. The summed E-state index contributed by atoms with van der Waals surface area (Å²) in [4.78, 5) is 31.5. The highest BCUT2D eigenvalue weighted by Gasteiger charge is 2.38. The lowest BCUT2D eigenvalue weighted by Gasteiger charge is -2.38. The summed E-state index contributed by atoms with van der Waals surface area (Å²) in [5, 5.41) is 10.9. The average molecular weight is 530 g/mol. The number of aromatic amines is 1. The van der Waals surface area contributed by atoms with Crippen molar-refractivity contribution in [1.82, 2.24) is 20.1 Å². The zero-order valence-electron chi connectivity index (χ0n) is 22.7. The van der Waals surface area contributed by atoms with Crippen molar-refractivity contribution in [3.05, 3.63) is 53.1 Å². The highest BCUT2D eigenvalue weighted by Crippen LogP contribution is 2.44. The maximum atomic E-state index is 14.0. The molecule has 0 atom stereocenters. The molecule has 3 heterocycles. The Morgan fingerprint density at radius 2 is 1.77 bits per heavy atom. The van der Waals surface area contributed by atoms with Crippen molar-refractivity contribution in [2.24, 2.45) is 5.73 Å². The fourth-order valence-corrected chi connectivity index (χ4v) is 6.02. The first-order valence-electron chi connectivity index (χ1n) is 13.6. The zero-order chi connectivity index (χ0) is 27.3. The number of fused-ring (bicyclic) bond motifs is 3. The minimum atomic E-state index is -0.634. The van der Waals surface area contributed by atoms with Crippen molar-refractivity contribution in [2.45, 2.75) is 26.8 Å². The molecule has 0 saturated carbocycles. The number of ketones is 1. The van der Waals surface area contributed by atoms with Crippen LogP contribution in [0, 0.1) is 6.92 Å². The van der Waals surface area contributed by atoms with Crippen molar-refractivity contribution in [1.29, 1.82) is 0 Å². The largest absolute Gasteiger partial charge is 0.379 e. The quantitative estimate of drug-likeness (QED) is 0.408. The normalized spacial score (nSPS) is 17.9. The molecule has 2 amide bonds. The van der Waals surface area contributed by atoms with Gasteiger partial charge in [-0.25, -0.2) is 14.8 Å². The van der Waals surface area contributed by atoms with E-state index in [1.165, 1.54) is 10.7 Å². The van der Waals surface area contributed by atoms with Gasteiger partial charge >= 0.3 is 6.03 Å². The topological polar surface area (TPSA) is 111 Å². The fraction of sp³-hybridized carbons (Fsp3) is 0.414. The third-order valence-electron chi connectivity index (χ3n) is 8.11. The number of hydrogen-bond acceptors (Lipinski definition) is 7. The predicted molar refractivity (Wildman–Crippen MR) is 151 cm³/mol. The molecule has 204 valence electrons. The van der Waals surface area contributed by atoms with Gasteiger partial charge in [-0.2, -0.15) is 5.10 Å². The molecule has 2 aromatic carbocycles. The zero-order valence-corrected chi connectivity index (χ0v) is 22.7. The molecule has 1 aromatic heterocycles. The van der Waals surface area contributed by atoms with Crippen LogP contribution in [0.2, 0.25) is 0 Å². The van der Waals surface area contributed by atoms with E-state index in [2.05, 4.69) is 59.0 Å². The molecule has 0 spiro atoms. The molecule has 2 fully saturated rings. The summed E-state index contributed by atoms with van der Waals surface area (Å²) in [6, 6.07) is 11.8. The molecule has 1 aliphatic carbocycles. The minimum Gasteiger partial charge on any atom is -0.379 e. The van der Waals surface area contributed by atoms with Crippen molar-refractivity contribution in [3.63, 3.8) is 0 Å². The first-order chi connectivity index (χ1) is 18.8. The number of hydrogen-bond donors (Lipinski definition) is 2. The number of aromatic nitrogens is 2. The van der Waals surface area contributed by atoms with Crippen LogP contribution in [0.5, 0.6) is 0 Å². The number of morpholine rings is 1. The summed E-state index contributed by atoms with van der Waals surface area (Å²) in [5.41, 5.74) is 12.5. The summed E-state index contributed by atoms with van der Waals surface area (Å²) < 4.78 is 5.45. The van der Waals surface area contributed by atoms with E-state index in [9.17, 15) is 9.59 Å². The van der Waals surface area contributed by atoms with Gasteiger partial charge in [-0.1, -0.05) is 18.2 Å². The third kappa shape index (κ3) is 4.38. The number of aryl methyl sites for hydroxylation is 1. The van der Waals surface area contributed by atoms with Gasteiger partial charge in [-0.05, 0) is 44.5 Å². The smallest absolute Gasteiger partial charge is 0.334 e. The Kier molecular flexibility index (Phi) is 6.62. The van der Waals surface area contributed by atoms with Gasteiger partial charge in [0.25, 0.3) is 0 Å². The molecule has 2 saturated heterocycles. The lowest BCUT2D eigenvalue weighted by molar-refractivity contribution is 0.0364. The van der Waals surface area contributed by atoms with Crippen molar-refractivity contribution >= 4 is 23.2 Å². The van der Waals surface area contributed by atoms with Gasteiger partial charge in [0.1, 0.15) is 5.69 Å². The molecular formula is C29H35N7O3. The standard InChI is InChI=1S/C29H35N7O3/c1-18(2)33-9-11-34(12-10-33)20-7-8-21(19(3)17-20)26-25-27(32-31-26)22-5-4-6-23(24(22)28(25)37)36(29(30)38)35-13-15-39-16-14-35/h4-8,17-18H,9-16H2,1-3H3,(H2,30,38)(H,31,32). The summed E-state index contributed by atoms with van der Waals surface area (Å²) in [5.74, 6) is -0.160. The number of hydrazine groups is 1. The van der Waals surface area contributed by atoms with Crippen LogP contribution < -0.4 is 15.6 Å². The third-order valence-corrected chi connectivity index (χ3v) is 8.11. The van der Waals surface area contributed by atoms with Crippen LogP contribution in [0.1, 0.15) is 35.3 Å². The first-order valence-corrected chi connectivity index (χ1v) is 13.6. The second kappa shape index (κ2) is 10.1. The molecule has 0 bridgehead atoms. The number of anilines is 2. The molecular weight excluding hydrogens is 494 g/mol. The highest BCUT2D eigenvalue weighted by atomic mass is 16.5. The Morgan fingerprint density at radius 3 is 2.44 bits per heavy atom. The number of piperazine rings is 1. The van der Waals surface area contributed by atoms with Gasteiger partial charge in [0, 0.05) is 62.1 Å². The summed E-state index contributed by atoms with van der Waals surface area (Å²) >= 11 is 0. The number of H-pyrrole nitrogens is 1. The monoisotopic (exact) mass is 529 g/mol. The van der Waals surface area contributed by atoms with E-state index in [1.807, 2.05) is 17.1 Å². The van der Waals surface area contributed by atoms with Crippen LogP contribution in [-0.4, -0.2) is 90.4 Å². The van der Waals surface area contributed by atoms with Crippen LogP contribution in [-0.2, 0) is 4.74 Å². The van der Waals surface area contributed by atoms with Crippen molar-refractivity contribution < 1.29 is 14.3 Å². The van der Waals surface area contributed by atoms with E-state index in [4.69, 9.17) is 10.5 Å². The maximum absolute atomic E-state index is 14.0. The number of carbonyl (C=O) groups is 2. The number of primary amides is 1. The molecule has 10 heteroatoms. The maximum Gasteiger partial charge on any atom is 0.334 e. The van der Waals surface area contributed by atoms with Crippen LogP contribution in [0.3, 0.4) is 0 Å². The van der Waals surface area contributed by atoms with E-state index in [0.29, 0.717) is 66.1 Å². The molecule has 0 unspecified atom stereocenters. The first kappa shape index (κ1) is 25.5. The number of benzene rings is 2. The number of nitrogens with one attached hydrogen (secondary N) is 1. The van der Waals surface area contributed by atoms with Gasteiger partial charge in [-0.3, -0.25) is 14.8 Å². The molecule has 10 nitrogen and oxygen atoms in total. The lowest BCUT2D eigenvalue weighted by atomic mass is 9.99. The average Bonchev–Trinajstić information content (AvgIpc) is 3.49. The van der Waals surface area contributed by atoms with E-state index in [1.54, 1.807) is 6.07 Å². The molecule has 3 aromatic rings. The van der Waals surface area contributed by atoms with Crippen molar-refractivity contribution in [3.8, 4) is 22.5 Å². The molecule has 3 N–H and O–H groups in total. The number of carbonyl (C=O) groups excluding carboxylic acids is 2. The number of urea groups is 1. The summed E-state index contributed by atoms with van der Waals surface area (Å²) in [7, 11) is 0. The number of ether oxygens (including phenoxy) is 1. The van der Waals surface area contributed by atoms with Crippen LogP contribution in [0.4, 0.5) is 16.2 Å². The highest BCUT2D eigenvalue weighted by molar-refractivity contribution is 6.27. The second-order valence-electron chi connectivity index (χ2n) is 10.7. The lowest BCUT2D eigenvalue weighted by Crippen LogP contribution is -2.54. The van der Waals surface area contributed by atoms with Gasteiger partial charge in [0.15, 0.2) is 5.78 Å². The van der Waals surface area contributed by atoms with Gasteiger partial charge in [0.05, 0.1) is 35.7 Å². The number of nitrogens with two attached hydrogens (primary N) is 1. The molecule has 2 aliphatic heterocycles. The Balaban J connectivity index is 1.32. The Labute approximate surface area is 228 Å². The van der Waals surface area contributed by atoms with E-state index < -0.39 is 6.03 Å². The SMILES string of the molecule is Cc1cc(N2CCN(C(C)C)CC2)ccc1-c1[nH]nc2c1C(=O)c1c-2cccc1N(C(N)=O)N1CCOCC1. The Bertz CT molecular complexity index is 1420. The van der Waals surface area contributed by atoms with Crippen LogP contribution in [0.25, 0.3) is 22.5 Å². The van der Waals surface area contributed by atoms with E-state index in [-0.39, 0.29) is 5.78 Å². The Morgan fingerprint density at radius 1 is 1.03 bits per heavy atom. The minimum absolute atomic E-state index is 0.160. The molecule has 39 heavy (non-hydrogen) atoms. The summed E-state index contributed by atoms with van der Waals surface area (Å²) in [6.07, 6.45) is 0. The predicted octanol–water partition coefficient (Wildman–Crippen LogP) is 3.26. The van der Waals surface area contributed by atoms with Crippen LogP contribution >= 0.6 is 0 Å². The molecule has 0 radical (unpaired) electrons. The number of rotatable bonds is 5. The Hall–Kier alpha value is -3.73. The van der Waals surface area contributed by atoms with Crippen molar-refractivity contribution in [2.75, 3.05) is 62.4 Å². The van der Waals surface area contributed by atoms with E-state index in [0.717, 1.165) is 37.3 Å². The van der Waals surface area contributed by atoms with Gasteiger partial charge in [-0.15, -0.1) is 0 Å². The summed E-state index contributed by atoms with van der Waals surface area (Å²) in [6.45, 7) is 12.6. The van der Waals surface area contributed by atoms with Crippen LogP contribution in [0.15, 0.2) is 36.4 Å². The fourth-order valence-electron chi connectivity index (χ4n) is 6.02. The number of amides is 2. The molecule has 3 aliphatic rings. The van der Waals surface area contributed by atoms with E-state index >= 15 is 0 Å². The van der Waals surface area contributed by atoms with Gasteiger partial charge in [0.2, 0.25) is 0 Å². The molecule has 6 rings (SSSR count). The van der Waals surface area contributed by atoms with Gasteiger partial charge < -0.3 is 15.4 Å². The number of nitrogens with zero attached hydrogens (tertiary/aromatic N) is 5.